The van der Waals surface area contributed by atoms with E-state index in [0.29, 0.717) is 11.1 Å². The van der Waals surface area contributed by atoms with Crippen LogP contribution in [0, 0.1) is 0 Å². The molecule has 0 unspecified atom stereocenters. The number of allylic oxidation sites excluding steroid dienone is 2. The Morgan fingerprint density at radius 3 is 2.39 bits per heavy atom. The van der Waals surface area contributed by atoms with Crippen LogP contribution >= 0.6 is 0 Å². The molecule has 152 valence electrons. The Balaban J connectivity index is 1.91. The van der Waals surface area contributed by atoms with Gasteiger partial charge >= 0.3 is 0 Å². The molecule has 0 spiro atoms. The fourth-order valence-corrected chi connectivity index (χ4v) is 4.21. The summed E-state index contributed by atoms with van der Waals surface area (Å²) < 4.78 is 5.19. The Morgan fingerprint density at radius 1 is 1.18 bits per heavy atom. The van der Waals surface area contributed by atoms with Crippen molar-refractivity contribution in [2.24, 2.45) is 0 Å². The lowest BCUT2D eigenvalue weighted by atomic mass is 9.76. The number of nitrogens with zero attached hydrogens (tertiary/aromatic N) is 2. The Morgan fingerprint density at radius 2 is 1.82 bits per heavy atom. The Kier molecular flexibility index (Phi) is 4.95. The second kappa shape index (κ2) is 6.84. The smallest absolute Gasteiger partial charge is 0.240 e. The number of amides is 2. The standard InChI is InChI=1S/C20H27N3O5/c1-10-16(25)11-7-12-19(27)23(9-14(24)21-20(2,3)4)8-13(22(12)5)15(11)17(26)18(10)28-6/h12-13H,7-9H2,1-6H3,(H,21,24)/t12-,13-/m0/s1. The third-order valence-corrected chi connectivity index (χ3v) is 5.49. The number of hydrogen-bond donors (Lipinski definition) is 1. The molecular formula is C20H27N3O5. The SMILES string of the molecule is COC1=C(C)C(=O)C2=C(C1=O)[C@@H]1CN(CC(=O)NC(C)(C)C)C(=O)[C@H](C2)N1C. The van der Waals surface area contributed by atoms with Gasteiger partial charge in [0.1, 0.15) is 0 Å². The van der Waals surface area contributed by atoms with Gasteiger partial charge in [0.25, 0.3) is 0 Å². The summed E-state index contributed by atoms with van der Waals surface area (Å²) in [5.41, 5.74) is 0.672. The van der Waals surface area contributed by atoms with Crippen molar-refractivity contribution in [2.45, 2.75) is 51.7 Å². The van der Waals surface area contributed by atoms with E-state index in [1.807, 2.05) is 25.7 Å². The van der Waals surface area contributed by atoms with E-state index in [1.165, 1.54) is 12.0 Å². The fourth-order valence-electron chi connectivity index (χ4n) is 4.21. The highest BCUT2D eigenvalue weighted by Crippen LogP contribution is 2.39. The fraction of sp³-hybridized carbons (Fsp3) is 0.600. The van der Waals surface area contributed by atoms with Crippen molar-refractivity contribution in [1.82, 2.24) is 15.1 Å². The summed E-state index contributed by atoms with van der Waals surface area (Å²) >= 11 is 0. The number of piperazine rings is 1. The number of Topliss-reactive ketones (excluding diaryl/α,β-unsaturated/α-hetero) is 2. The van der Waals surface area contributed by atoms with E-state index in [0.717, 1.165) is 0 Å². The molecule has 28 heavy (non-hydrogen) atoms. The number of rotatable bonds is 3. The van der Waals surface area contributed by atoms with Gasteiger partial charge in [-0.3, -0.25) is 24.1 Å². The maximum Gasteiger partial charge on any atom is 0.240 e. The Labute approximate surface area is 164 Å². The number of nitrogens with one attached hydrogen (secondary N) is 1. The minimum atomic E-state index is -0.561. The van der Waals surface area contributed by atoms with Crippen LogP contribution in [-0.2, 0) is 23.9 Å². The summed E-state index contributed by atoms with van der Waals surface area (Å²) in [6, 6.07) is -1.00. The summed E-state index contributed by atoms with van der Waals surface area (Å²) in [6.45, 7) is 7.29. The first-order valence-electron chi connectivity index (χ1n) is 9.35. The molecular weight excluding hydrogens is 362 g/mol. The van der Waals surface area contributed by atoms with Crippen LogP contribution in [0.15, 0.2) is 22.5 Å². The van der Waals surface area contributed by atoms with E-state index in [4.69, 9.17) is 4.74 Å². The minimum absolute atomic E-state index is 0.0597. The lowest BCUT2D eigenvalue weighted by Crippen LogP contribution is -2.65. The maximum absolute atomic E-state index is 13.0. The van der Waals surface area contributed by atoms with Crippen LogP contribution in [0.5, 0.6) is 0 Å². The highest BCUT2D eigenvalue weighted by molar-refractivity contribution is 6.25. The van der Waals surface area contributed by atoms with E-state index in [9.17, 15) is 19.2 Å². The van der Waals surface area contributed by atoms with Gasteiger partial charge in [-0.1, -0.05) is 0 Å². The number of carbonyl (C=O) groups excluding carboxylic acids is 4. The van der Waals surface area contributed by atoms with Crippen molar-refractivity contribution >= 4 is 23.4 Å². The molecule has 2 aliphatic heterocycles. The first kappa shape index (κ1) is 20.3. The van der Waals surface area contributed by atoms with Crippen LogP contribution < -0.4 is 5.32 Å². The molecule has 1 N–H and O–H groups in total. The zero-order valence-corrected chi connectivity index (χ0v) is 17.2. The minimum Gasteiger partial charge on any atom is -0.492 e. The molecule has 1 saturated heterocycles. The summed E-state index contributed by atoms with van der Waals surface area (Å²) in [4.78, 5) is 54.4. The predicted molar refractivity (Wildman–Crippen MR) is 101 cm³/mol. The summed E-state index contributed by atoms with van der Waals surface area (Å²) in [7, 11) is 3.15. The molecule has 8 heteroatoms. The molecule has 2 bridgehead atoms. The largest absolute Gasteiger partial charge is 0.492 e. The normalized spacial score (nSPS) is 25.9. The van der Waals surface area contributed by atoms with Crippen molar-refractivity contribution in [3.8, 4) is 0 Å². The molecule has 3 aliphatic rings. The van der Waals surface area contributed by atoms with Crippen molar-refractivity contribution < 1.29 is 23.9 Å². The van der Waals surface area contributed by atoms with Gasteiger partial charge in [0.05, 0.1) is 25.7 Å². The number of methoxy groups -OCH3 is 1. The molecule has 0 aromatic heterocycles. The van der Waals surface area contributed by atoms with Gasteiger partial charge in [0.2, 0.25) is 17.6 Å². The zero-order chi connectivity index (χ0) is 21.0. The zero-order valence-electron chi connectivity index (χ0n) is 17.2. The van der Waals surface area contributed by atoms with Gasteiger partial charge in [0, 0.05) is 35.2 Å². The van der Waals surface area contributed by atoms with E-state index < -0.39 is 17.6 Å². The van der Waals surface area contributed by atoms with Gasteiger partial charge in [-0.2, -0.15) is 0 Å². The molecule has 3 rings (SSSR count). The average Bonchev–Trinajstić information content (AvgIpc) is 2.57. The number of likely N-dealkylation sites (N-methyl/N-ethyl adjacent to an activating group) is 1. The van der Waals surface area contributed by atoms with Crippen LogP contribution in [0.3, 0.4) is 0 Å². The maximum atomic E-state index is 13.0. The number of hydrogen-bond acceptors (Lipinski definition) is 6. The number of ketones is 2. The van der Waals surface area contributed by atoms with Gasteiger partial charge in [0.15, 0.2) is 11.5 Å². The van der Waals surface area contributed by atoms with E-state index in [-0.39, 0.29) is 54.2 Å². The second-order valence-electron chi connectivity index (χ2n) is 8.63. The third kappa shape index (κ3) is 3.26. The van der Waals surface area contributed by atoms with Crippen molar-refractivity contribution in [1.29, 1.82) is 0 Å². The van der Waals surface area contributed by atoms with Gasteiger partial charge in [-0.15, -0.1) is 0 Å². The average molecular weight is 389 g/mol. The summed E-state index contributed by atoms with van der Waals surface area (Å²) in [5, 5.41) is 2.85. The molecule has 0 aromatic carbocycles. The van der Waals surface area contributed by atoms with Gasteiger partial charge in [-0.25, -0.2) is 0 Å². The molecule has 2 heterocycles. The monoisotopic (exact) mass is 389 g/mol. The van der Waals surface area contributed by atoms with Crippen LogP contribution in [0.25, 0.3) is 0 Å². The van der Waals surface area contributed by atoms with E-state index in [1.54, 1.807) is 14.0 Å². The molecule has 1 fully saturated rings. The molecule has 0 saturated carbocycles. The molecule has 2 amide bonds. The Bertz CT molecular complexity index is 833. The van der Waals surface area contributed by atoms with Crippen LogP contribution in [0.2, 0.25) is 0 Å². The Hall–Kier alpha value is -2.48. The number of ether oxygens (including phenoxy) is 1. The highest BCUT2D eigenvalue weighted by Gasteiger charge is 2.50. The van der Waals surface area contributed by atoms with Crippen molar-refractivity contribution in [3.63, 3.8) is 0 Å². The molecule has 0 aromatic rings. The molecule has 2 atom stereocenters. The lowest BCUT2D eigenvalue weighted by Gasteiger charge is -2.49. The molecule has 0 radical (unpaired) electrons. The predicted octanol–water partition coefficient (Wildman–Crippen LogP) is 0.185. The van der Waals surface area contributed by atoms with Crippen LogP contribution in [0.4, 0.5) is 0 Å². The van der Waals surface area contributed by atoms with Crippen LogP contribution in [0.1, 0.15) is 34.1 Å². The second-order valence-corrected chi connectivity index (χ2v) is 8.63. The molecule has 8 nitrogen and oxygen atoms in total. The number of carbonyl (C=O) groups is 4. The number of fused-ring (bicyclic) bond motifs is 3. The van der Waals surface area contributed by atoms with Crippen LogP contribution in [-0.4, -0.2) is 78.1 Å². The third-order valence-electron chi connectivity index (χ3n) is 5.49. The first-order valence-corrected chi connectivity index (χ1v) is 9.35. The summed E-state index contributed by atoms with van der Waals surface area (Å²) in [6.07, 6.45) is 0.164. The van der Waals surface area contributed by atoms with Crippen molar-refractivity contribution in [2.75, 3.05) is 27.2 Å². The van der Waals surface area contributed by atoms with Gasteiger partial charge < -0.3 is 15.0 Å². The summed E-state index contributed by atoms with van der Waals surface area (Å²) in [5.74, 6) is -0.935. The highest BCUT2D eigenvalue weighted by atomic mass is 16.5. The first-order chi connectivity index (χ1) is 13.0. The topological polar surface area (TPSA) is 96.0 Å². The van der Waals surface area contributed by atoms with Crippen molar-refractivity contribution in [3.05, 3.63) is 22.5 Å². The lowest BCUT2D eigenvalue weighted by molar-refractivity contribution is -0.148. The molecule has 1 aliphatic carbocycles. The van der Waals surface area contributed by atoms with Gasteiger partial charge in [-0.05, 0) is 34.7 Å². The van der Waals surface area contributed by atoms with E-state index in [2.05, 4.69) is 5.32 Å². The van der Waals surface area contributed by atoms with E-state index >= 15 is 0 Å². The quantitative estimate of drug-likeness (QED) is 0.692.